The Morgan fingerprint density at radius 1 is 0.850 bits per heavy atom. The van der Waals surface area contributed by atoms with Gasteiger partial charge in [0, 0.05) is 13.1 Å². The Bertz CT molecular complexity index is 1210. The van der Waals surface area contributed by atoms with Crippen LogP contribution in [0.25, 0.3) is 10.8 Å². The summed E-state index contributed by atoms with van der Waals surface area (Å²) < 4.78 is 5.60. The number of fused-ring (bicyclic) bond motifs is 1. The van der Waals surface area contributed by atoms with Crippen LogP contribution in [0.4, 0.5) is 0 Å². The first kappa shape index (κ1) is 31.3. The van der Waals surface area contributed by atoms with E-state index in [1.54, 1.807) is 6.07 Å². The van der Waals surface area contributed by atoms with E-state index >= 15 is 0 Å². The summed E-state index contributed by atoms with van der Waals surface area (Å²) in [5, 5.41) is 9.62. The summed E-state index contributed by atoms with van der Waals surface area (Å²) in [6.45, 7) is -0.162. The number of aldehydes is 1. The summed E-state index contributed by atoms with van der Waals surface area (Å²) in [5.41, 5.74) is 21.2. The Labute approximate surface area is 232 Å². The molecule has 0 saturated carbocycles. The molecule has 0 fully saturated rings. The number of benzene rings is 2. The lowest BCUT2D eigenvalue weighted by molar-refractivity contribution is -0.131. The van der Waals surface area contributed by atoms with Crippen molar-refractivity contribution in [3.63, 3.8) is 0 Å². The van der Waals surface area contributed by atoms with Crippen LogP contribution in [-0.4, -0.2) is 74.3 Å². The quantitative estimate of drug-likeness (QED) is 0.0525. The molecule has 0 aliphatic rings. The SMILES string of the molecule is NC(N)=NCCCC(C=O)NC(=O)CNC(=O)[C@H](CCCN=C(N)N)NC(=O)COc1ccc2ccccc2c1. The minimum absolute atomic E-state index is 0.0606. The van der Waals surface area contributed by atoms with Crippen LogP contribution in [0.3, 0.4) is 0 Å². The van der Waals surface area contributed by atoms with Crippen molar-refractivity contribution in [1.82, 2.24) is 16.0 Å². The summed E-state index contributed by atoms with van der Waals surface area (Å²) in [7, 11) is 0. The lowest BCUT2D eigenvalue weighted by Gasteiger charge is -2.19. The van der Waals surface area contributed by atoms with Gasteiger partial charge in [0.05, 0.1) is 12.6 Å². The van der Waals surface area contributed by atoms with E-state index in [1.807, 2.05) is 36.4 Å². The van der Waals surface area contributed by atoms with Gasteiger partial charge in [-0.3, -0.25) is 24.4 Å². The van der Waals surface area contributed by atoms with E-state index < -0.39 is 36.3 Å². The average molecular weight is 556 g/mol. The predicted octanol–water partition coefficient (Wildman–Crippen LogP) is -1.39. The Balaban J connectivity index is 1.89. The maximum Gasteiger partial charge on any atom is 0.258 e. The third kappa shape index (κ3) is 12.1. The fourth-order valence-corrected chi connectivity index (χ4v) is 3.66. The monoisotopic (exact) mass is 555 g/mol. The molecule has 216 valence electrons. The Hall–Kier alpha value is -4.88. The fraction of sp³-hybridized carbons (Fsp3) is 0.385. The number of amides is 3. The minimum Gasteiger partial charge on any atom is -0.484 e. The summed E-state index contributed by atoms with van der Waals surface area (Å²) in [6, 6.07) is 11.4. The number of aliphatic imine (C=N–C) groups is 2. The van der Waals surface area contributed by atoms with Crippen LogP contribution < -0.4 is 43.6 Å². The van der Waals surface area contributed by atoms with Gasteiger partial charge in [-0.1, -0.05) is 30.3 Å². The fourth-order valence-electron chi connectivity index (χ4n) is 3.66. The third-order valence-corrected chi connectivity index (χ3v) is 5.59. The third-order valence-electron chi connectivity index (χ3n) is 5.59. The zero-order chi connectivity index (χ0) is 29.3. The topological polar surface area (TPSA) is 242 Å². The normalized spacial score (nSPS) is 11.9. The minimum atomic E-state index is -0.976. The first-order valence-electron chi connectivity index (χ1n) is 12.7. The number of ether oxygens (including phenoxy) is 1. The molecule has 0 aliphatic heterocycles. The van der Waals surface area contributed by atoms with Crippen molar-refractivity contribution >= 4 is 46.7 Å². The standard InChI is InChI=1S/C26H37N9O5/c27-25(28)31-11-3-7-19(15-36)34-22(37)14-33-24(39)21(8-4-12-32-26(29)30)35-23(38)16-40-20-10-9-17-5-1-2-6-18(17)13-20/h1-2,5-6,9-10,13,15,19,21H,3-4,7-8,11-12,14,16H2,(H,33,39)(H,34,37)(H,35,38)(H4,27,28,31)(H4,29,30,32)/t19?,21-/m0/s1. The van der Waals surface area contributed by atoms with Crippen LogP contribution in [0, 0.1) is 0 Å². The molecule has 0 aliphatic carbocycles. The number of guanidine groups is 2. The molecular formula is C26H37N9O5. The lowest BCUT2D eigenvalue weighted by Crippen LogP contribution is -2.50. The van der Waals surface area contributed by atoms with E-state index in [1.165, 1.54) is 0 Å². The zero-order valence-corrected chi connectivity index (χ0v) is 22.2. The van der Waals surface area contributed by atoms with Crippen LogP contribution in [0.2, 0.25) is 0 Å². The largest absolute Gasteiger partial charge is 0.484 e. The Kier molecular flexibility index (Phi) is 13.2. The molecule has 0 spiro atoms. The molecule has 2 atom stereocenters. The maximum atomic E-state index is 12.8. The van der Waals surface area contributed by atoms with Crippen LogP contribution in [0.1, 0.15) is 25.7 Å². The second-order valence-electron chi connectivity index (χ2n) is 8.84. The van der Waals surface area contributed by atoms with Gasteiger partial charge in [0.2, 0.25) is 11.8 Å². The molecule has 2 aromatic carbocycles. The first-order chi connectivity index (χ1) is 19.2. The average Bonchev–Trinajstić information content (AvgIpc) is 2.93. The second-order valence-corrected chi connectivity index (χ2v) is 8.84. The number of carbonyl (C=O) groups is 4. The summed E-state index contributed by atoms with van der Waals surface area (Å²) >= 11 is 0. The predicted molar refractivity (Wildman–Crippen MR) is 152 cm³/mol. The highest BCUT2D eigenvalue weighted by molar-refractivity contribution is 5.91. The molecule has 14 nitrogen and oxygen atoms in total. The van der Waals surface area contributed by atoms with Gasteiger partial charge in [0.15, 0.2) is 18.5 Å². The van der Waals surface area contributed by atoms with E-state index in [9.17, 15) is 19.2 Å². The number of hydrogen-bond donors (Lipinski definition) is 7. The van der Waals surface area contributed by atoms with Gasteiger partial charge in [0.25, 0.3) is 5.91 Å². The van der Waals surface area contributed by atoms with E-state index in [0.29, 0.717) is 37.8 Å². The molecule has 11 N–H and O–H groups in total. The van der Waals surface area contributed by atoms with Gasteiger partial charge in [-0.15, -0.1) is 0 Å². The van der Waals surface area contributed by atoms with Gasteiger partial charge >= 0.3 is 0 Å². The van der Waals surface area contributed by atoms with Crippen molar-refractivity contribution < 1.29 is 23.9 Å². The molecule has 0 saturated heterocycles. The molecule has 0 bridgehead atoms. The van der Waals surface area contributed by atoms with Crippen molar-refractivity contribution in [2.24, 2.45) is 32.9 Å². The van der Waals surface area contributed by atoms with Gasteiger partial charge in [-0.25, -0.2) is 0 Å². The van der Waals surface area contributed by atoms with Crippen LogP contribution in [0.5, 0.6) is 5.75 Å². The van der Waals surface area contributed by atoms with Gasteiger partial charge in [-0.2, -0.15) is 0 Å². The van der Waals surface area contributed by atoms with E-state index in [2.05, 4.69) is 25.9 Å². The molecule has 1 unspecified atom stereocenters. The smallest absolute Gasteiger partial charge is 0.258 e. The molecule has 0 heterocycles. The Morgan fingerprint density at radius 3 is 2.15 bits per heavy atom. The maximum absolute atomic E-state index is 12.8. The van der Waals surface area contributed by atoms with Crippen molar-refractivity contribution in [2.45, 2.75) is 37.8 Å². The van der Waals surface area contributed by atoms with Gasteiger partial charge in [-0.05, 0) is 48.6 Å². The van der Waals surface area contributed by atoms with Crippen LogP contribution >= 0.6 is 0 Å². The Morgan fingerprint density at radius 2 is 1.50 bits per heavy atom. The number of carbonyl (C=O) groups excluding carboxylic acids is 4. The molecule has 2 rings (SSSR count). The second kappa shape index (κ2) is 16.9. The number of hydrogen-bond acceptors (Lipinski definition) is 7. The molecule has 3 amide bonds. The van der Waals surface area contributed by atoms with Crippen LogP contribution in [-0.2, 0) is 19.2 Å². The number of nitrogens with two attached hydrogens (primary N) is 4. The van der Waals surface area contributed by atoms with Crippen molar-refractivity contribution in [1.29, 1.82) is 0 Å². The summed E-state index contributed by atoms with van der Waals surface area (Å²) in [6.07, 6.45) is 1.97. The zero-order valence-electron chi connectivity index (χ0n) is 22.2. The molecule has 14 heteroatoms. The number of nitrogens with one attached hydrogen (secondary N) is 3. The highest BCUT2D eigenvalue weighted by atomic mass is 16.5. The molecule has 2 aromatic rings. The van der Waals surface area contributed by atoms with E-state index in [0.717, 1.165) is 10.8 Å². The molecule has 0 aromatic heterocycles. The van der Waals surface area contributed by atoms with E-state index in [-0.39, 0.29) is 31.5 Å². The summed E-state index contributed by atoms with van der Waals surface area (Å²) in [4.78, 5) is 56.7. The summed E-state index contributed by atoms with van der Waals surface area (Å²) in [5.74, 6) is -1.33. The van der Waals surface area contributed by atoms with Gasteiger partial charge in [0.1, 0.15) is 18.1 Å². The molecular weight excluding hydrogens is 518 g/mol. The van der Waals surface area contributed by atoms with Crippen molar-refractivity contribution in [2.75, 3.05) is 26.2 Å². The molecule has 40 heavy (non-hydrogen) atoms. The van der Waals surface area contributed by atoms with Gasteiger partial charge < -0.3 is 48.4 Å². The van der Waals surface area contributed by atoms with Crippen molar-refractivity contribution in [3.05, 3.63) is 42.5 Å². The first-order valence-corrected chi connectivity index (χ1v) is 12.7. The molecule has 0 radical (unpaired) electrons. The van der Waals surface area contributed by atoms with Crippen LogP contribution in [0.15, 0.2) is 52.4 Å². The highest BCUT2D eigenvalue weighted by Gasteiger charge is 2.22. The number of rotatable bonds is 17. The lowest BCUT2D eigenvalue weighted by atomic mass is 10.1. The highest BCUT2D eigenvalue weighted by Crippen LogP contribution is 2.20. The van der Waals surface area contributed by atoms with E-state index in [4.69, 9.17) is 27.7 Å². The number of nitrogens with zero attached hydrogens (tertiary/aromatic N) is 2. The van der Waals surface area contributed by atoms with Crippen molar-refractivity contribution in [3.8, 4) is 5.75 Å².